The Morgan fingerprint density at radius 2 is 1.62 bits per heavy atom. The van der Waals surface area contributed by atoms with Gasteiger partial charge in [-0.2, -0.15) is 0 Å². The van der Waals surface area contributed by atoms with Gasteiger partial charge in [-0.05, 0) is 60.7 Å². The highest BCUT2D eigenvalue weighted by Crippen LogP contribution is 2.31. The number of anilines is 2. The van der Waals surface area contributed by atoms with E-state index in [4.69, 9.17) is 26.8 Å². The van der Waals surface area contributed by atoms with Gasteiger partial charge in [-0.1, -0.05) is 23.7 Å². The molecule has 0 atom stereocenters. The van der Waals surface area contributed by atoms with E-state index in [-0.39, 0.29) is 18.0 Å². The summed E-state index contributed by atoms with van der Waals surface area (Å²) in [6.07, 6.45) is 0. The number of benzene rings is 3. The molecule has 3 aromatic rings. The highest BCUT2D eigenvalue weighted by atomic mass is 35.5. The molecule has 0 aliphatic heterocycles. The van der Waals surface area contributed by atoms with Crippen LogP contribution in [0.25, 0.3) is 0 Å². The zero-order valence-corrected chi connectivity index (χ0v) is 19.3. The molecule has 0 aliphatic carbocycles. The maximum Gasteiger partial charge on any atom is 0.264 e. The number of para-hydroxylation sites is 2. The molecule has 3 aromatic carbocycles. The van der Waals surface area contributed by atoms with E-state index in [1.165, 1.54) is 23.5 Å². The van der Waals surface area contributed by atoms with Crippen molar-refractivity contribution >= 4 is 33.0 Å². The van der Waals surface area contributed by atoms with Gasteiger partial charge in [-0.25, -0.2) is 8.42 Å². The highest BCUT2D eigenvalue weighted by molar-refractivity contribution is 7.92. The van der Waals surface area contributed by atoms with Crippen molar-refractivity contribution in [2.45, 2.75) is 4.90 Å². The molecule has 0 unspecified atom stereocenters. The number of halogens is 1. The number of nitrogens with zero attached hydrogens (tertiary/aromatic N) is 1. The molecule has 0 amide bonds. The minimum atomic E-state index is -3.83. The van der Waals surface area contributed by atoms with Crippen molar-refractivity contribution in [2.75, 3.05) is 43.0 Å². The van der Waals surface area contributed by atoms with Crippen molar-refractivity contribution in [1.29, 1.82) is 0 Å². The van der Waals surface area contributed by atoms with Crippen LogP contribution in [0.3, 0.4) is 0 Å². The predicted octanol–water partition coefficient (Wildman–Crippen LogP) is 3.99. The molecule has 0 aromatic heterocycles. The van der Waals surface area contributed by atoms with E-state index < -0.39 is 10.0 Å². The fourth-order valence-corrected chi connectivity index (χ4v) is 4.71. The molecular weight excluding hydrogens is 450 g/mol. The van der Waals surface area contributed by atoms with Crippen LogP contribution in [0.15, 0.2) is 77.7 Å². The van der Waals surface area contributed by atoms with Crippen LogP contribution in [0.2, 0.25) is 5.02 Å². The Morgan fingerprint density at radius 1 is 0.969 bits per heavy atom. The third kappa shape index (κ3) is 5.85. The van der Waals surface area contributed by atoms with Gasteiger partial charge in [0.05, 0.1) is 23.4 Å². The zero-order valence-electron chi connectivity index (χ0n) is 17.7. The first-order valence-electron chi connectivity index (χ1n) is 10.0. The topological polar surface area (TPSA) is 93.9 Å². The van der Waals surface area contributed by atoms with Crippen LogP contribution in [0.1, 0.15) is 0 Å². The normalized spacial score (nSPS) is 11.1. The second-order valence-electron chi connectivity index (χ2n) is 6.79. The van der Waals surface area contributed by atoms with Gasteiger partial charge in [0.15, 0.2) is 0 Å². The third-order valence-corrected chi connectivity index (χ3v) is 6.73. The summed E-state index contributed by atoms with van der Waals surface area (Å²) in [4.78, 5) is 0.160. The summed E-state index contributed by atoms with van der Waals surface area (Å²) in [5.41, 5.74) is 6.94. The molecule has 0 fully saturated rings. The number of nitrogens with one attached hydrogen (secondary N) is 1. The van der Waals surface area contributed by atoms with E-state index in [1.807, 2.05) is 12.1 Å². The Hall–Kier alpha value is -2.94. The molecule has 32 heavy (non-hydrogen) atoms. The van der Waals surface area contributed by atoms with Gasteiger partial charge in [0.1, 0.15) is 18.1 Å². The second-order valence-corrected chi connectivity index (χ2v) is 9.09. The molecule has 3 N–H and O–H groups in total. The first kappa shape index (κ1) is 23.7. The molecule has 0 heterocycles. The lowest BCUT2D eigenvalue weighted by atomic mass is 10.2. The largest absolute Gasteiger partial charge is 0.497 e. The lowest BCUT2D eigenvalue weighted by Gasteiger charge is -2.26. The van der Waals surface area contributed by atoms with Gasteiger partial charge in [0, 0.05) is 24.7 Å². The lowest BCUT2D eigenvalue weighted by Crippen LogP contribution is -2.36. The summed E-state index contributed by atoms with van der Waals surface area (Å²) in [5, 5.41) is 3.90. The molecule has 0 aliphatic rings. The first-order valence-corrected chi connectivity index (χ1v) is 11.9. The maximum atomic E-state index is 13.4. The van der Waals surface area contributed by atoms with Gasteiger partial charge in [-0.15, -0.1) is 0 Å². The number of nitrogens with two attached hydrogens (primary N) is 1. The molecule has 0 saturated heterocycles. The van der Waals surface area contributed by atoms with Crippen LogP contribution >= 0.6 is 11.6 Å². The van der Waals surface area contributed by atoms with Crippen molar-refractivity contribution in [3.63, 3.8) is 0 Å². The second kappa shape index (κ2) is 11.1. The molecular formula is C23H26ClN3O4S. The van der Waals surface area contributed by atoms with Gasteiger partial charge in [0.2, 0.25) is 0 Å². The van der Waals surface area contributed by atoms with Crippen molar-refractivity contribution in [2.24, 2.45) is 5.73 Å². The summed E-state index contributed by atoms with van der Waals surface area (Å²) in [5.74, 6) is 1.29. The SMILES string of the molecule is COc1ccc(S(=O)(=O)N(CCN)c2ccccc2NCCOc2ccc(Cl)cc2)cc1. The number of hydrogen-bond donors (Lipinski definition) is 2. The van der Waals surface area contributed by atoms with E-state index in [1.54, 1.807) is 48.5 Å². The Labute approximate surface area is 193 Å². The molecule has 0 saturated carbocycles. The Balaban J connectivity index is 1.77. The molecule has 0 spiro atoms. The number of rotatable bonds is 11. The fourth-order valence-electron chi connectivity index (χ4n) is 3.09. The van der Waals surface area contributed by atoms with E-state index in [9.17, 15) is 8.42 Å². The van der Waals surface area contributed by atoms with Crippen LogP contribution in [-0.2, 0) is 10.0 Å². The smallest absolute Gasteiger partial charge is 0.264 e. The Kier molecular flexibility index (Phi) is 8.21. The van der Waals surface area contributed by atoms with Crippen LogP contribution in [-0.4, -0.2) is 41.8 Å². The van der Waals surface area contributed by atoms with E-state index in [2.05, 4.69) is 5.32 Å². The van der Waals surface area contributed by atoms with E-state index in [0.29, 0.717) is 41.0 Å². The number of ether oxygens (including phenoxy) is 2. The minimum absolute atomic E-state index is 0.133. The zero-order chi connectivity index (χ0) is 23.0. The summed E-state index contributed by atoms with van der Waals surface area (Å²) in [7, 11) is -2.30. The molecule has 0 bridgehead atoms. The van der Waals surface area contributed by atoms with Gasteiger partial charge in [-0.3, -0.25) is 4.31 Å². The fraction of sp³-hybridized carbons (Fsp3) is 0.217. The highest BCUT2D eigenvalue weighted by Gasteiger charge is 2.26. The third-order valence-electron chi connectivity index (χ3n) is 4.65. The molecule has 0 radical (unpaired) electrons. The monoisotopic (exact) mass is 475 g/mol. The van der Waals surface area contributed by atoms with Gasteiger partial charge in [0.25, 0.3) is 10.0 Å². The predicted molar refractivity (Wildman–Crippen MR) is 128 cm³/mol. The maximum absolute atomic E-state index is 13.4. The summed E-state index contributed by atoms with van der Waals surface area (Å²) >= 11 is 5.89. The van der Waals surface area contributed by atoms with Crippen molar-refractivity contribution < 1.29 is 17.9 Å². The Bertz CT molecular complexity index is 1110. The standard InChI is InChI=1S/C23H26ClN3O4S/c1-30-19-10-12-21(13-11-19)32(28,29)27(16-14-25)23-5-3-2-4-22(23)26-15-17-31-20-8-6-18(24)7-9-20/h2-13,26H,14-17,25H2,1H3. The molecule has 7 nitrogen and oxygen atoms in total. The van der Waals surface area contributed by atoms with Crippen LogP contribution in [0.4, 0.5) is 11.4 Å². The van der Waals surface area contributed by atoms with Crippen LogP contribution in [0, 0.1) is 0 Å². The van der Waals surface area contributed by atoms with Crippen molar-refractivity contribution in [1.82, 2.24) is 0 Å². The van der Waals surface area contributed by atoms with E-state index >= 15 is 0 Å². The van der Waals surface area contributed by atoms with Gasteiger partial charge < -0.3 is 20.5 Å². The lowest BCUT2D eigenvalue weighted by molar-refractivity contribution is 0.333. The van der Waals surface area contributed by atoms with Gasteiger partial charge >= 0.3 is 0 Å². The number of methoxy groups -OCH3 is 1. The summed E-state index contributed by atoms with van der Waals surface area (Å²) in [6, 6.07) is 20.6. The molecule has 9 heteroatoms. The van der Waals surface area contributed by atoms with Crippen LogP contribution < -0.4 is 24.8 Å². The minimum Gasteiger partial charge on any atom is -0.497 e. The first-order chi connectivity index (χ1) is 15.5. The quantitative estimate of drug-likeness (QED) is 0.407. The van der Waals surface area contributed by atoms with E-state index in [0.717, 1.165) is 0 Å². The van der Waals surface area contributed by atoms with Crippen molar-refractivity contribution in [3.05, 3.63) is 77.8 Å². The molecule has 3 rings (SSSR count). The summed E-state index contributed by atoms with van der Waals surface area (Å²) < 4.78 is 38.9. The Morgan fingerprint density at radius 3 is 2.28 bits per heavy atom. The average molecular weight is 476 g/mol. The van der Waals surface area contributed by atoms with Crippen molar-refractivity contribution in [3.8, 4) is 11.5 Å². The van der Waals surface area contributed by atoms with Crippen LogP contribution in [0.5, 0.6) is 11.5 Å². The number of sulfonamides is 1. The average Bonchev–Trinajstić information content (AvgIpc) is 2.82. The summed E-state index contributed by atoms with van der Waals surface area (Å²) in [6.45, 7) is 1.16. The molecule has 170 valence electrons. The number of hydrogen-bond acceptors (Lipinski definition) is 6.